The van der Waals surface area contributed by atoms with E-state index in [0.29, 0.717) is 45.6 Å². The largest absolute Gasteiger partial charge is 0.368 e. The van der Waals surface area contributed by atoms with Gasteiger partial charge in [-0.25, -0.2) is 12.8 Å². The molecule has 2 aromatic rings. The molecular formula is C22H24Cl2FN3O3S. The van der Waals surface area contributed by atoms with E-state index < -0.39 is 15.9 Å². The fourth-order valence-electron chi connectivity index (χ4n) is 4.27. The number of nitrogens with zero attached hydrogens (tertiary/aromatic N) is 3. The second kappa shape index (κ2) is 9.55. The molecule has 0 bridgehead atoms. The summed E-state index contributed by atoms with van der Waals surface area (Å²) in [4.78, 5) is 17.0. The average molecular weight is 500 g/mol. The van der Waals surface area contributed by atoms with Gasteiger partial charge < -0.3 is 9.80 Å². The van der Waals surface area contributed by atoms with Gasteiger partial charge in [0.05, 0.1) is 10.9 Å². The van der Waals surface area contributed by atoms with Crippen LogP contribution in [0, 0.1) is 11.7 Å². The molecule has 6 nitrogen and oxygen atoms in total. The second-order valence-electron chi connectivity index (χ2n) is 8.07. The number of rotatable bonds is 4. The van der Waals surface area contributed by atoms with Crippen LogP contribution in [-0.4, -0.2) is 62.8 Å². The van der Waals surface area contributed by atoms with Gasteiger partial charge in [0.15, 0.2) is 0 Å². The normalized spacial score (nSPS) is 20.4. The van der Waals surface area contributed by atoms with Crippen molar-refractivity contribution in [1.82, 2.24) is 9.21 Å². The number of benzene rings is 2. The van der Waals surface area contributed by atoms with Crippen molar-refractivity contribution in [2.75, 3.05) is 44.2 Å². The third-order valence-electron chi connectivity index (χ3n) is 6.03. The lowest BCUT2D eigenvalue weighted by atomic mass is 9.97. The molecule has 172 valence electrons. The molecule has 0 spiro atoms. The van der Waals surface area contributed by atoms with Crippen molar-refractivity contribution in [3.05, 3.63) is 58.3 Å². The van der Waals surface area contributed by atoms with E-state index in [1.165, 1.54) is 34.6 Å². The van der Waals surface area contributed by atoms with Crippen molar-refractivity contribution < 1.29 is 17.6 Å². The molecule has 2 aliphatic heterocycles. The van der Waals surface area contributed by atoms with Crippen molar-refractivity contribution in [3.63, 3.8) is 0 Å². The minimum absolute atomic E-state index is 0.0270. The van der Waals surface area contributed by atoms with Crippen LogP contribution in [0.2, 0.25) is 10.0 Å². The molecule has 1 atom stereocenters. The number of piperidine rings is 1. The van der Waals surface area contributed by atoms with E-state index in [4.69, 9.17) is 23.2 Å². The van der Waals surface area contributed by atoms with Gasteiger partial charge in [-0.05, 0) is 55.3 Å². The third-order valence-corrected chi connectivity index (χ3v) is 8.61. The standard InChI is InChI=1S/C22H24Cl2FN3O3S/c23-17-3-8-20(24)21(14-17)32(30,31)28-9-1-2-16(15-28)22(29)27-12-10-26(11-13-27)19-6-4-18(25)5-7-19/h3-8,14,16H,1-2,9-13,15H2/t16-/m0/s1. The minimum Gasteiger partial charge on any atom is -0.368 e. The molecule has 0 aliphatic carbocycles. The summed E-state index contributed by atoms with van der Waals surface area (Å²) in [7, 11) is -3.85. The highest BCUT2D eigenvalue weighted by molar-refractivity contribution is 7.89. The quantitative estimate of drug-likeness (QED) is 0.640. The fourth-order valence-corrected chi connectivity index (χ4v) is 6.53. The molecule has 2 saturated heterocycles. The van der Waals surface area contributed by atoms with E-state index in [1.807, 2.05) is 0 Å². The smallest absolute Gasteiger partial charge is 0.244 e. The summed E-state index contributed by atoms with van der Waals surface area (Å²) in [6.45, 7) is 2.84. The molecule has 0 unspecified atom stereocenters. The Kier molecular flexibility index (Phi) is 6.95. The Bertz CT molecular complexity index is 1090. The van der Waals surface area contributed by atoms with Gasteiger partial charge in [0, 0.05) is 50.0 Å². The Hall–Kier alpha value is -1.87. The van der Waals surface area contributed by atoms with E-state index in [-0.39, 0.29) is 33.2 Å². The van der Waals surface area contributed by atoms with Crippen molar-refractivity contribution >= 4 is 44.8 Å². The Morgan fingerprint density at radius 1 is 0.969 bits per heavy atom. The number of halogens is 3. The summed E-state index contributed by atoms with van der Waals surface area (Å²) >= 11 is 12.1. The number of sulfonamides is 1. The van der Waals surface area contributed by atoms with E-state index in [0.717, 1.165) is 5.69 Å². The Morgan fingerprint density at radius 2 is 1.66 bits per heavy atom. The molecule has 2 aliphatic rings. The summed E-state index contributed by atoms with van der Waals surface area (Å²) in [5.74, 6) is -0.701. The zero-order chi connectivity index (χ0) is 22.9. The predicted molar refractivity (Wildman–Crippen MR) is 123 cm³/mol. The molecule has 0 N–H and O–H groups in total. The molecule has 1 amide bonds. The van der Waals surface area contributed by atoms with Crippen LogP contribution in [0.5, 0.6) is 0 Å². The Morgan fingerprint density at radius 3 is 2.34 bits per heavy atom. The molecule has 4 rings (SSSR count). The van der Waals surface area contributed by atoms with E-state index >= 15 is 0 Å². The maximum Gasteiger partial charge on any atom is 0.244 e. The molecule has 10 heteroatoms. The van der Waals surface area contributed by atoms with Gasteiger partial charge in [-0.15, -0.1) is 0 Å². The van der Waals surface area contributed by atoms with Gasteiger partial charge in [0.1, 0.15) is 10.7 Å². The molecule has 32 heavy (non-hydrogen) atoms. The van der Waals surface area contributed by atoms with Crippen LogP contribution in [0.4, 0.5) is 10.1 Å². The van der Waals surface area contributed by atoms with Gasteiger partial charge >= 0.3 is 0 Å². The molecule has 0 radical (unpaired) electrons. The molecular weight excluding hydrogens is 476 g/mol. The number of amides is 1. The SMILES string of the molecule is O=C([C@H]1CCCN(S(=O)(=O)c2cc(Cl)ccc2Cl)C1)N1CCN(c2ccc(F)cc2)CC1. The minimum atomic E-state index is -3.85. The molecule has 0 saturated carbocycles. The van der Waals surface area contributed by atoms with Crippen LogP contribution in [0.25, 0.3) is 0 Å². The molecule has 2 fully saturated rings. The van der Waals surface area contributed by atoms with Crippen molar-refractivity contribution in [2.45, 2.75) is 17.7 Å². The molecule has 2 heterocycles. The number of hydrogen-bond donors (Lipinski definition) is 0. The fraction of sp³-hybridized carbons (Fsp3) is 0.409. The number of anilines is 1. The first kappa shape index (κ1) is 23.3. The van der Waals surface area contributed by atoms with E-state index in [9.17, 15) is 17.6 Å². The zero-order valence-electron chi connectivity index (χ0n) is 17.4. The maximum atomic E-state index is 13.2. The monoisotopic (exact) mass is 499 g/mol. The van der Waals surface area contributed by atoms with Crippen LogP contribution in [-0.2, 0) is 14.8 Å². The van der Waals surface area contributed by atoms with Crippen LogP contribution in [0.1, 0.15) is 12.8 Å². The maximum absolute atomic E-state index is 13.2. The highest BCUT2D eigenvalue weighted by atomic mass is 35.5. The summed E-state index contributed by atoms with van der Waals surface area (Å²) in [5.41, 5.74) is 0.923. The van der Waals surface area contributed by atoms with Crippen molar-refractivity contribution in [1.29, 1.82) is 0 Å². The second-order valence-corrected chi connectivity index (χ2v) is 10.8. The van der Waals surface area contributed by atoms with Gasteiger partial charge in [-0.2, -0.15) is 4.31 Å². The zero-order valence-corrected chi connectivity index (χ0v) is 19.7. The first-order valence-electron chi connectivity index (χ1n) is 10.5. The lowest BCUT2D eigenvalue weighted by molar-refractivity contribution is -0.137. The van der Waals surface area contributed by atoms with Gasteiger partial charge in [-0.1, -0.05) is 23.2 Å². The number of carbonyl (C=O) groups excluding carboxylic acids is 1. The van der Waals surface area contributed by atoms with Gasteiger partial charge in [-0.3, -0.25) is 4.79 Å². The number of piperazine rings is 1. The third kappa shape index (κ3) is 4.88. The Balaban J connectivity index is 1.41. The first-order valence-corrected chi connectivity index (χ1v) is 12.7. The first-order chi connectivity index (χ1) is 15.3. The van der Waals surface area contributed by atoms with Crippen LogP contribution in [0.15, 0.2) is 47.4 Å². The predicted octanol–water partition coefficient (Wildman–Crippen LogP) is 3.88. The Labute approximate surface area is 197 Å². The lowest BCUT2D eigenvalue weighted by Gasteiger charge is -2.39. The van der Waals surface area contributed by atoms with Crippen LogP contribution >= 0.6 is 23.2 Å². The van der Waals surface area contributed by atoms with E-state index in [2.05, 4.69) is 4.90 Å². The van der Waals surface area contributed by atoms with Crippen LogP contribution < -0.4 is 4.90 Å². The number of hydrogen-bond acceptors (Lipinski definition) is 4. The number of carbonyl (C=O) groups is 1. The van der Waals surface area contributed by atoms with Gasteiger partial charge in [0.2, 0.25) is 15.9 Å². The van der Waals surface area contributed by atoms with Gasteiger partial charge in [0.25, 0.3) is 0 Å². The molecule has 2 aromatic carbocycles. The van der Waals surface area contributed by atoms with E-state index in [1.54, 1.807) is 17.0 Å². The summed E-state index contributed by atoms with van der Waals surface area (Å²) < 4.78 is 40.8. The topological polar surface area (TPSA) is 60.9 Å². The highest BCUT2D eigenvalue weighted by Gasteiger charge is 2.36. The van der Waals surface area contributed by atoms with Crippen LogP contribution in [0.3, 0.4) is 0 Å². The summed E-state index contributed by atoms with van der Waals surface area (Å²) in [6.07, 6.45) is 1.25. The van der Waals surface area contributed by atoms with Crippen molar-refractivity contribution in [3.8, 4) is 0 Å². The summed E-state index contributed by atoms with van der Waals surface area (Å²) in [5, 5.41) is 0.399. The van der Waals surface area contributed by atoms with Crippen molar-refractivity contribution in [2.24, 2.45) is 5.92 Å². The summed E-state index contributed by atoms with van der Waals surface area (Å²) in [6, 6.07) is 10.7. The lowest BCUT2D eigenvalue weighted by Crippen LogP contribution is -2.53. The highest BCUT2D eigenvalue weighted by Crippen LogP contribution is 2.31. The molecule has 0 aromatic heterocycles. The average Bonchev–Trinajstić information content (AvgIpc) is 2.81.